The third-order valence-corrected chi connectivity index (χ3v) is 1.92. The van der Waals surface area contributed by atoms with Crippen molar-refractivity contribution in [3.8, 4) is 0 Å². The van der Waals surface area contributed by atoms with Gasteiger partial charge in [0.05, 0.1) is 0 Å². The highest BCUT2D eigenvalue weighted by molar-refractivity contribution is 5.67. The Balaban J connectivity index is 3.79. The molecule has 2 N–H and O–H groups in total. The number of hydrogen-bond acceptors (Lipinski definition) is 3. The topological polar surface area (TPSA) is 55.6 Å². The molecular formula is C9H20N2O2. The fourth-order valence-corrected chi connectivity index (χ4v) is 1.07. The molecule has 1 amide bonds. The molecule has 0 aliphatic carbocycles. The molecule has 0 heterocycles. The number of rotatable bonds is 6. The van der Waals surface area contributed by atoms with Gasteiger partial charge in [0.2, 0.25) is 0 Å². The molecule has 13 heavy (non-hydrogen) atoms. The van der Waals surface area contributed by atoms with Crippen LogP contribution in [0.1, 0.15) is 39.5 Å². The Bertz CT molecular complexity index is 132. The van der Waals surface area contributed by atoms with E-state index in [1.165, 1.54) is 0 Å². The largest absolute Gasteiger partial charge is 0.428 e. The second kappa shape index (κ2) is 7.86. The Hall–Kier alpha value is -0.770. The highest BCUT2D eigenvalue weighted by Crippen LogP contribution is 2.00. The van der Waals surface area contributed by atoms with Crippen LogP contribution < -0.4 is 5.90 Å². The maximum Gasteiger partial charge on any atom is 0.428 e. The highest BCUT2D eigenvalue weighted by Gasteiger charge is 2.11. The van der Waals surface area contributed by atoms with Crippen LogP contribution in [-0.2, 0) is 4.84 Å². The second-order valence-corrected chi connectivity index (χ2v) is 3.08. The van der Waals surface area contributed by atoms with Gasteiger partial charge in [-0.25, -0.2) is 4.79 Å². The van der Waals surface area contributed by atoms with Crippen molar-refractivity contribution >= 4 is 6.09 Å². The van der Waals surface area contributed by atoms with Gasteiger partial charge in [-0.3, -0.25) is 0 Å². The van der Waals surface area contributed by atoms with Gasteiger partial charge in [-0.15, -0.1) is 0 Å². The lowest BCUT2D eigenvalue weighted by Gasteiger charge is -2.19. The quantitative estimate of drug-likeness (QED) is 0.648. The first-order valence-electron chi connectivity index (χ1n) is 4.91. The Morgan fingerprint density at radius 2 is 1.69 bits per heavy atom. The molecule has 0 aliphatic heterocycles. The summed E-state index contributed by atoms with van der Waals surface area (Å²) in [5, 5.41) is 0. The maximum absolute atomic E-state index is 11.1. The number of hydrogen-bond donors (Lipinski definition) is 1. The minimum Gasteiger partial charge on any atom is -0.357 e. The SMILES string of the molecule is CCCCN(CCCC)C(=O)ON. The number of nitrogens with zero attached hydrogens (tertiary/aromatic N) is 1. The first-order chi connectivity index (χ1) is 6.26. The molecule has 0 aromatic rings. The standard InChI is InChI=1S/C9H20N2O2/c1-3-5-7-11(8-6-4-2)9(12)13-10/h3-8,10H2,1-2H3. The zero-order valence-electron chi connectivity index (χ0n) is 8.58. The summed E-state index contributed by atoms with van der Waals surface area (Å²) in [4.78, 5) is 17.0. The van der Waals surface area contributed by atoms with Gasteiger partial charge in [0.15, 0.2) is 0 Å². The summed E-state index contributed by atoms with van der Waals surface area (Å²) >= 11 is 0. The lowest BCUT2D eigenvalue weighted by molar-refractivity contribution is 0.102. The van der Waals surface area contributed by atoms with Crippen LogP contribution >= 0.6 is 0 Å². The van der Waals surface area contributed by atoms with E-state index in [4.69, 9.17) is 5.90 Å². The Morgan fingerprint density at radius 1 is 1.23 bits per heavy atom. The van der Waals surface area contributed by atoms with Crippen molar-refractivity contribution in [1.82, 2.24) is 4.90 Å². The van der Waals surface area contributed by atoms with Crippen LogP contribution in [0.25, 0.3) is 0 Å². The molecule has 0 aromatic carbocycles. The monoisotopic (exact) mass is 188 g/mol. The minimum atomic E-state index is -0.415. The van der Waals surface area contributed by atoms with E-state index < -0.39 is 6.09 Å². The number of carbonyl (C=O) groups is 1. The molecular weight excluding hydrogens is 168 g/mol. The highest BCUT2D eigenvalue weighted by atomic mass is 16.7. The van der Waals surface area contributed by atoms with E-state index in [0.29, 0.717) is 0 Å². The van der Waals surface area contributed by atoms with Gasteiger partial charge in [0.1, 0.15) is 0 Å². The summed E-state index contributed by atoms with van der Waals surface area (Å²) in [6, 6.07) is 0. The molecule has 0 bridgehead atoms. The average Bonchev–Trinajstić information content (AvgIpc) is 2.17. The van der Waals surface area contributed by atoms with Gasteiger partial charge >= 0.3 is 6.09 Å². The van der Waals surface area contributed by atoms with Crippen LogP contribution in [0.5, 0.6) is 0 Å². The van der Waals surface area contributed by atoms with Crippen molar-refractivity contribution in [2.24, 2.45) is 5.90 Å². The molecule has 0 aliphatic rings. The summed E-state index contributed by atoms with van der Waals surface area (Å²) in [5.74, 6) is 4.83. The normalized spacial score (nSPS) is 9.77. The first kappa shape index (κ1) is 12.2. The second-order valence-electron chi connectivity index (χ2n) is 3.08. The fraction of sp³-hybridized carbons (Fsp3) is 0.889. The third kappa shape index (κ3) is 5.47. The molecule has 0 rings (SSSR count). The smallest absolute Gasteiger partial charge is 0.357 e. The van der Waals surface area contributed by atoms with E-state index in [1.54, 1.807) is 4.90 Å². The summed E-state index contributed by atoms with van der Waals surface area (Å²) in [6.45, 7) is 5.66. The number of nitrogens with two attached hydrogens (primary N) is 1. The van der Waals surface area contributed by atoms with Crippen molar-refractivity contribution in [1.29, 1.82) is 0 Å². The molecule has 0 saturated heterocycles. The van der Waals surface area contributed by atoms with Crippen molar-refractivity contribution in [3.63, 3.8) is 0 Å². The molecule has 0 spiro atoms. The Kier molecular flexibility index (Phi) is 7.39. The van der Waals surface area contributed by atoms with E-state index >= 15 is 0 Å². The van der Waals surface area contributed by atoms with Gasteiger partial charge in [0, 0.05) is 13.1 Å². The number of unbranched alkanes of at least 4 members (excludes halogenated alkanes) is 2. The van der Waals surface area contributed by atoms with Crippen molar-refractivity contribution in [2.45, 2.75) is 39.5 Å². The summed E-state index contributed by atoms with van der Waals surface area (Å²) < 4.78 is 0. The molecule has 0 atom stereocenters. The van der Waals surface area contributed by atoms with Gasteiger partial charge < -0.3 is 9.74 Å². The van der Waals surface area contributed by atoms with Crippen LogP contribution in [0.3, 0.4) is 0 Å². The molecule has 0 unspecified atom stereocenters. The van der Waals surface area contributed by atoms with E-state index in [0.717, 1.165) is 38.8 Å². The summed E-state index contributed by atoms with van der Waals surface area (Å²) in [7, 11) is 0. The molecule has 0 aromatic heterocycles. The zero-order chi connectivity index (χ0) is 10.1. The molecule has 0 radical (unpaired) electrons. The number of amides is 1. The summed E-state index contributed by atoms with van der Waals surface area (Å²) in [6.07, 6.45) is 3.72. The zero-order valence-corrected chi connectivity index (χ0v) is 8.58. The average molecular weight is 188 g/mol. The predicted octanol–water partition coefficient (Wildman–Crippen LogP) is 1.90. The molecule has 0 saturated carbocycles. The van der Waals surface area contributed by atoms with Gasteiger partial charge in [-0.05, 0) is 12.8 Å². The van der Waals surface area contributed by atoms with Crippen LogP contribution in [0.15, 0.2) is 0 Å². The predicted molar refractivity (Wildman–Crippen MR) is 52.1 cm³/mol. The van der Waals surface area contributed by atoms with Crippen LogP contribution in [0.2, 0.25) is 0 Å². The van der Waals surface area contributed by atoms with Crippen molar-refractivity contribution < 1.29 is 9.63 Å². The lowest BCUT2D eigenvalue weighted by atomic mass is 10.3. The lowest BCUT2D eigenvalue weighted by Crippen LogP contribution is -2.34. The third-order valence-electron chi connectivity index (χ3n) is 1.92. The van der Waals surface area contributed by atoms with Gasteiger partial charge in [0.25, 0.3) is 0 Å². The van der Waals surface area contributed by atoms with Crippen LogP contribution in [0, 0.1) is 0 Å². The van der Waals surface area contributed by atoms with Crippen LogP contribution in [0.4, 0.5) is 4.79 Å². The van der Waals surface area contributed by atoms with E-state index in [9.17, 15) is 4.79 Å². The molecule has 4 nitrogen and oxygen atoms in total. The number of carbonyl (C=O) groups excluding carboxylic acids is 1. The summed E-state index contributed by atoms with van der Waals surface area (Å²) in [5.41, 5.74) is 0. The Morgan fingerprint density at radius 3 is 2.00 bits per heavy atom. The van der Waals surface area contributed by atoms with E-state index in [2.05, 4.69) is 18.7 Å². The molecule has 4 heteroatoms. The minimum absolute atomic E-state index is 0.415. The van der Waals surface area contributed by atoms with Crippen LogP contribution in [-0.4, -0.2) is 24.1 Å². The van der Waals surface area contributed by atoms with Crippen molar-refractivity contribution in [3.05, 3.63) is 0 Å². The molecule has 78 valence electrons. The van der Waals surface area contributed by atoms with E-state index in [-0.39, 0.29) is 0 Å². The molecule has 0 fully saturated rings. The van der Waals surface area contributed by atoms with Crippen molar-refractivity contribution in [2.75, 3.05) is 13.1 Å². The fourth-order valence-electron chi connectivity index (χ4n) is 1.07. The van der Waals surface area contributed by atoms with E-state index in [1.807, 2.05) is 0 Å². The maximum atomic E-state index is 11.1. The first-order valence-corrected chi connectivity index (χ1v) is 4.91. The Labute approximate surface area is 80.0 Å². The van der Waals surface area contributed by atoms with Gasteiger partial charge in [-0.1, -0.05) is 26.7 Å². The van der Waals surface area contributed by atoms with Gasteiger partial charge in [-0.2, -0.15) is 5.90 Å².